The first kappa shape index (κ1) is 10.5. The van der Waals surface area contributed by atoms with Crippen molar-refractivity contribution in [2.24, 2.45) is 0 Å². The van der Waals surface area contributed by atoms with Gasteiger partial charge in [-0.25, -0.2) is 0 Å². The summed E-state index contributed by atoms with van der Waals surface area (Å²) in [5.41, 5.74) is 1.34. The van der Waals surface area contributed by atoms with E-state index in [0.717, 1.165) is 19.5 Å². The Hall–Kier alpha value is -1.62. The van der Waals surface area contributed by atoms with Gasteiger partial charge in [0.05, 0.1) is 6.20 Å². The van der Waals surface area contributed by atoms with Gasteiger partial charge in [-0.1, -0.05) is 5.16 Å². The van der Waals surface area contributed by atoms with Crippen LogP contribution in [0.4, 0.5) is 0 Å². The molecule has 1 saturated heterocycles. The van der Waals surface area contributed by atoms with Gasteiger partial charge in [0.15, 0.2) is 0 Å². The van der Waals surface area contributed by atoms with Gasteiger partial charge in [-0.3, -0.25) is 4.79 Å². The molecule has 3 heterocycles. The van der Waals surface area contributed by atoms with Gasteiger partial charge in [-0.15, -0.1) is 0 Å². The minimum absolute atomic E-state index is 0.0553. The van der Waals surface area contributed by atoms with Crippen molar-refractivity contribution in [3.63, 3.8) is 0 Å². The van der Waals surface area contributed by atoms with E-state index in [4.69, 9.17) is 4.52 Å². The summed E-state index contributed by atoms with van der Waals surface area (Å²) in [6, 6.07) is 3.75. The van der Waals surface area contributed by atoms with E-state index in [1.807, 2.05) is 4.90 Å². The second-order valence-electron chi connectivity index (χ2n) is 4.17. The summed E-state index contributed by atoms with van der Waals surface area (Å²) >= 11 is 1.70. The molecule has 1 unspecified atom stereocenters. The number of hydrogen-bond donors (Lipinski definition) is 0. The zero-order valence-electron chi connectivity index (χ0n) is 9.20. The van der Waals surface area contributed by atoms with E-state index in [-0.39, 0.29) is 5.91 Å². The molecule has 1 amide bonds. The highest BCUT2D eigenvalue weighted by Crippen LogP contribution is 2.29. The summed E-state index contributed by atoms with van der Waals surface area (Å²) in [5, 5.41) is 7.80. The molecule has 1 aliphatic heterocycles. The van der Waals surface area contributed by atoms with Crippen molar-refractivity contribution < 1.29 is 9.32 Å². The molecule has 0 bridgehead atoms. The Balaban J connectivity index is 1.70. The summed E-state index contributed by atoms with van der Waals surface area (Å²) in [5.74, 6) is 0.740. The van der Waals surface area contributed by atoms with Crippen LogP contribution >= 0.6 is 11.3 Å². The van der Waals surface area contributed by atoms with E-state index in [1.54, 1.807) is 17.4 Å². The number of aromatic nitrogens is 1. The molecule has 17 heavy (non-hydrogen) atoms. The lowest BCUT2D eigenvalue weighted by Gasteiger charge is -2.14. The lowest BCUT2D eigenvalue weighted by molar-refractivity contribution is 0.0749. The Bertz CT molecular complexity index is 493. The van der Waals surface area contributed by atoms with Crippen LogP contribution in [-0.4, -0.2) is 29.1 Å². The fraction of sp³-hybridized carbons (Fsp3) is 0.333. The topological polar surface area (TPSA) is 46.3 Å². The smallest absolute Gasteiger partial charge is 0.292 e. The first-order chi connectivity index (χ1) is 8.34. The first-order valence-corrected chi connectivity index (χ1v) is 6.51. The van der Waals surface area contributed by atoms with Crippen LogP contribution in [0.3, 0.4) is 0 Å². The minimum atomic E-state index is -0.0553. The van der Waals surface area contributed by atoms with Crippen molar-refractivity contribution >= 4 is 17.2 Å². The molecule has 1 fully saturated rings. The summed E-state index contributed by atoms with van der Waals surface area (Å²) < 4.78 is 4.89. The van der Waals surface area contributed by atoms with Crippen LogP contribution in [0.15, 0.2) is 33.6 Å². The van der Waals surface area contributed by atoms with Gasteiger partial charge in [0.2, 0.25) is 5.76 Å². The Kier molecular flexibility index (Phi) is 2.68. The molecule has 2 aromatic rings. The molecule has 0 aliphatic carbocycles. The highest BCUT2D eigenvalue weighted by Gasteiger charge is 2.29. The molecule has 0 radical (unpaired) electrons. The number of carbonyl (C=O) groups is 1. The predicted molar refractivity (Wildman–Crippen MR) is 64.1 cm³/mol. The van der Waals surface area contributed by atoms with Gasteiger partial charge >= 0.3 is 0 Å². The fourth-order valence-electron chi connectivity index (χ4n) is 2.21. The van der Waals surface area contributed by atoms with E-state index in [2.05, 4.69) is 22.0 Å². The SMILES string of the molecule is O=C(c1ccno1)N1CCC(c2ccsc2)C1. The highest BCUT2D eigenvalue weighted by molar-refractivity contribution is 7.07. The minimum Gasteiger partial charge on any atom is -0.351 e. The van der Waals surface area contributed by atoms with Crippen LogP contribution in [-0.2, 0) is 0 Å². The van der Waals surface area contributed by atoms with Crippen molar-refractivity contribution in [1.82, 2.24) is 10.1 Å². The number of carbonyl (C=O) groups excluding carboxylic acids is 1. The van der Waals surface area contributed by atoms with Gasteiger partial charge < -0.3 is 9.42 Å². The van der Waals surface area contributed by atoms with Crippen molar-refractivity contribution in [3.05, 3.63) is 40.4 Å². The van der Waals surface area contributed by atoms with E-state index in [1.165, 1.54) is 11.8 Å². The van der Waals surface area contributed by atoms with E-state index in [0.29, 0.717) is 11.7 Å². The van der Waals surface area contributed by atoms with Crippen molar-refractivity contribution in [3.8, 4) is 0 Å². The van der Waals surface area contributed by atoms with E-state index in [9.17, 15) is 4.79 Å². The summed E-state index contributed by atoms with van der Waals surface area (Å²) in [6.07, 6.45) is 2.52. The molecule has 0 N–H and O–H groups in total. The number of likely N-dealkylation sites (tertiary alicyclic amines) is 1. The summed E-state index contributed by atoms with van der Waals surface area (Å²) in [6.45, 7) is 1.57. The van der Waals surface area contributed by atoms with Gasteiger partial charge in [0.25, 0.3) is 5.91 Å². The van der Waals surface area contributed by atoms with Crippen LogP contribution in [0.5, 0.6) is 0 Å². The lowest BCUT2D eigenvalue weighted by atomic mass is 10.0. The molecule has 0 aromatic carbocycles. The molecular formula is C12H12N2O2S. The maximum atomic E-state index is 12.0. The zero-order chi connectivity index (χ0) is 11.7. The molecule has 2 aromatic heterocycles. The number of amides is 1. The standard InChI is InChI=1S/C12H12N2O2S/c15-12(11-1-4-13-16-11)14-5-2-9(7-14)10-3-6-17-8-10/h1,3-4,6,8-9H,2,5,7H2. The third kappa shape index (κ3) is 1.98. The van der Waals surface area contributed by atoms with Crippen LogP contribution in [0.1, 0.15) is 28.5 Å². The molecule has 0 spiro atoms. The lowest BCUT2D eigenvalue weighted by Crippen LogP contribution is -2.28. The molecule has 88 valence electrons. The monoisotopic (exact) mass is 248 g/mol. The average Bonchev–Trinajstić information content (AvgIpc) is 3.09. The highest BCUT2D eigenvalue weighted by atomic mass is 32.1. The van der Waals surface area contributed by atoms with Gasteiger partial charge in [0.1, 0.15) is 0 Å². The maximum absolute atomic E-state index is 12.0. The Morgan fingerprint density at radius 2 is 2.47 bits per heavy atom. The Labute approximate surface area is 103 Å². The summed E-state index contributed by atoms with van der Waals surface area (Å²) in [4.78, 5) is 13.9. The second kappa shape index (κ2) is 4.33. The van der Waals surface area contributed by atoms with E-state index >= 15 is 0 Å². The van der Waals surface area contributed by atoms with Crippen molar-refractivity contribution in [2.45, 2.75) is 12.3 Å². The number of thiophene rings is 1. The molecule has 3 rings (SSSR count). The third-order valence-electron chi connectivity index (χ3n) is 3.14. The Morgan fingerprint density at radius 3 is 3.18 bits per heavy atom. The molecule has 1 atom stereocenters. The number of rotatable bonds is 2. The molecule has 4 nitrogen and oxygen atoms in total. The Morgan fingerprint density at radius 1 is 1.53 bits per heavy atom. The van der Waals surface area contributed by atoms with Crippen molar-refractivity contribution in [1.29, 1.82) is 0 Å². The number of nitrogens with zero attached hydrogens (tertiary/aromatic N) is 2. The number of hydrogen-bond acceptors (Lipinski definition) is 4. The van der Waals surface area contributed by atoms with Gasteiger partial charge in [-0.05, 0) is 28.8 Å². The quantitative estimate of drug-likeness (QED) is 0.819. The first-order valence-electron chi connectivity index (χ1n) is 5.56. The van der Waals surface area contributed by atoms with Crippen LogP contribution in [0.25, 0.3) is 0 Å². The second-order valence-corrected chi connectivity index (χ2v) is 4.95. The molecular weight excluding hydrogens is 236 g/mol. The van der Waals surface area contributed by atoms with Crippen LogP contribution in [0, 0.1) is 0 Å². The largest absolute Gasteiger partial charge is 0.351 e. The fourth-order valence-corrected chi connectivity index (χ4v) is 2.95. The van der Waals surface area contributed by atoms with E-state index < -0.39 is 0 Å². The predicted octanol–water partition coefficient (Wildman–Crippen LogP) is 2.37. The molecule has 5 heteroatoms. The van der Waals surface area contributed by atoms with Crippen LogP contribution in [0.2, 0.25) is 0 Å². The normalized spacial score (nSPS) is 19.8. The third-order valence-corrected chi connectivity index (χ3v) is 3.84. The maximum Gasteiger partial charge on any atom is 0.292 e. The van der Waals surface area contributed by atoms with Gasteiger partial charge in [0, 0.05) is 25.1 Å². The summed E-state index contributed by atoms with van der Waals surface area (Å²) in [7, 11) is 0. The zero-order valence-corrected chi connectivity index (χ0v) is 10.0. The van der Waals surface area contributed by atoms with Crippen LogP contribution < -0.4 is 0 Å². The molecule has 1 aliphatic rings. The van der Waals surface area contributed by atoms with Gasteiger partial charge in [-0.2, -0.15) is 11.3 Å². The average molecular weight is 248 g/mol. The molecule has 0 saturated carbocycles. The van der Waals surface area contributed by atoms with Crippen molar-refractivity contribution in [2.75, 3.05) is 13.1 Å².